The summed E-state index contributed by atoms with van der Waals surface area (Å²) in [7, 11) is 0. The lowest BCUT2D eigenvalue weighted by Gasteiger charge is -2.30. The third kappa shape index (κ3) is 1.63. The second-order valence-electron chi connectivity index (χ2n) is 3.63. The van der Waals surface area contributed by atoms with Crippen LogP contribution in [0.3, 0.4) is 0 Å². The molecule has 0 aromatic carbocycles. The Balaban J connectivity index is 1.91. The fourth-order valence-corrected chi connectivity index (χ4v) is 2.08. The number of aliphatic hydroxyl groups is 1. The van der Waals surface area contributed by atoms with Crippen molar-refractivity contribution >= 4 is 0 Å². The van der Waals surface area contributed by atoms with Crippen LogP contribution in [0.5, 0.6) is 0 Å². The molecule has 0 amide bonds. The molecule has 3 nitrogen and oxygen atoms in total. The Labute approximate surface area is 72.7 Å². The van der Waals surface area contributed by atoms with Gasteiger partial charge in [0.05, 0.1) is 19.3 Å². The van der Waals surface area contributed by atoms with Gasteiger partial charge in [0.15, 0.2) is 6.29 Å². The molecule has 2 aliphatic rings. The van der Waals surface area contributed by atoms with Crippen molar-refractivity contribution < 1.29 is 14.6 Å². The van der Waals surface area contributed by atoms with E-state index in [0.29, 0.717) is 13.2 Å². The highest BCUT2D eigenvalue weighted by Crippen LogP contribution is 2.30. The first kappa shape index (κ1) is 8.48. The second kappa shape index (κ2) is 3.73. The summed E-state index contributed by atoms with van der Waals surface area (Å²) in [6, 6.07) is 0. The number of ether oxygens (including phenoxy) is 2. The molecular weight excluding hydrogens is 156 g/mol. The molecule has 0 aromatic rings. The van der Waals surface area contributed by atoms with Crippen LogP contribution >= 0.6 is 0 Å². The molecule has 3 heteroatoms. The Morgan fingerprint density at radius 3 is 2.33 bits per heavy atom. The molecule has 1 heterocycles. The smallest absolute Gasteiger partial charge is 0.163 e. The third-order valence-corrected chi connectivity index (χ3v) is 2.78. The Kier molecular flexibility index (Phi) is 2.63. The normalized spacial score (nSPS) is 38.8. The van der Waals surface area contributed by atoms with E-state index in [1.807, 2.05) is 0 Å². The number of hydrogen-bond acceptors (Lipinski definition) is 3. The molecule has 1 aliphatic carbocycles. The Morgan fingerprint density at radius 1 is 1.00 bits per heavy atom. The predicted molar refractivity (Wildman–Crippen MR) is 43.7 cm³/mol. The van der Waals surface area contributed by atoms with Gasteiger partial charge in [-0.15, -0.1) is 0 Å². The third-order valence-electron chi connectivity index (χ3n) is 2.78. The number of aliphatic hydroxyl groups excluding tert-OH is 1. The van der Waals surface area contributed by atoms with Gasteiger partial charge in [0.2, 0.25) is 0 Å². The first-order valence-electron chi connectivity index (χ1n) is 4.79. The number of rotatable bonds is 1. The Morgan fingerprint density at radius 2 is 1.67 bits per heavy atom. The lowest BCUT2D eigenvalue weighted by atomic mass is 9.86. The van der Waals surface area contributed by atoms with Crippen LogP contribution in [-0.2, 0) is 9.47 Å². The predicted octanol–water partition coefficient (Wildman–Crippen LogP) is 0.910. The van der Waals surface area contributed by atoms with Gasteiger partial charge in [0.25, 0.3) is 0 Å². The Bertz CT molecular complexity index is 143. The van der Waals surface area contributed by atoms with E-state index in [9.17, 15) is 5.11 Å². The quantitative estimate of drug-likeness (QED) is 0.639. The number of hydrogen-bond donors (Lipinski definition) is 1. The molecule has 0 unspecified atom stereocenters. The van der Waals surface area contributed by atoms with E-state index in [1.165, 1.54) is 6.42 Å². The SMILES string of the molecule is O[C@H]1CCCC[C@@H]1C1OCCO1. The zero-order valence-corrected chi connectivity index (χ0v) is 7.24. The largest absolute Gasteiger partial charge is 0.393 e. The van der Waals surface area contributed by atoms with Gasteiger partial charge in [-0.05, 0) is 12.8 Å². The topological polar surface area (TPSA) is 38.7 Å². The summed E-state index contributed by atoms with van der Waals surface area (Å²) < 4.78 is 10.8. The highest BCUT2D eigenvalue weighted by molar-refractivity contribution is 4.78. The summed E-state index contributed by atoms with van der Waals surface area (Å²) in [6.07, 6.45) is 3.97. The van der Waals surface area contributed by atoms with Crippen LogP contribution in [-0.4, -0.2) is 30.7 Å². The van der Waals surface area contributed by atoms with Crippen molar-refractivity contribution in [1.82, 2.24) is 0 Å². The van der Waals surface area contributed by atoms with Crippen LogP contribution in [0, 0.1) is 5.92 Å². The summed E-state index contributed by atoms with van der Waals surface area (Å²) in [6.45, 7) is 1.38. The van der Waals surface area contributed by atoms with E-state index in [-0.39, 0.29) is 18.3 Å². The summed E-state index contributed by atoms with van der Waals surface area (Å²) in [5, 5.41) is 9.67. The monoisotopic (exact) mass is 172 g/mol. The molecule has 2 atom stereocenters. The molecule has 2 fully saturated rings. The molecule has 0 bridgehead atoms. The molecule has 12 heavy (non-hydrogen) atoms. The summed E-state index contributed by atoms with van der Waals surface area (Å²) >= 11 is 0. The van der Waals surface area contributed by atoms with Gasteiger partial charge in [-0.2, -0.15) is 0 Å². The minimum Gasteiger partial charge on any atom is -0.393 e. The summed E-state index contributed by atoms with van der Waals surface area (Å²) in [5.74, 6) is 0.223. The minimum absolute atomic E-state index is 0.125. The molecule has 0 radical (unpaired) electrons. The zero-order valence-electron chi connectivity index (χ0n) is 7.24. The molecule has 2 rings (SSSR count). The maximum Gasteiger partial charge on any atom is 0.163 e. The first-order valence-corrected chi connectivity index (χ1v) is 4.79. The maximum atomic E-state index is 9.67. The van der Waals surface area contributed by atoms with Gasteiger partial charge >= 0.3 is 0 Å². The van der Waals surface area contributed by atoms with Crippen molar-refractivity contribution in [3.05, 3.63) is 0 Å². The van der Waals surface area contributed by atoms with E-state index in [1.54, 1.807) is 0 Å². The molecule has 0 aromatic heterocycles. The molecule has 1 saturated heterocycles. The van der Waals surface area contributed by atoms with Crippen molar-refractivity contribution in [2.75, 3.05) is 13.2 Å². The van der Waals surface area contributed by atoms with Crippen molar-refractivity contribution in [3.8, 4) is 0 Å². The van der Waals surface area contributed by atoms with Crippen LogP contribution < -0.4 is 0 Å². The van der Waals surface area contributed by atoms with Gasteiger partial charge < -0.3 is 14.6 Å². The lowest BCUT2D eigenvalue weighted by molar-refractivity contribution is -0.127. The van der Waals surface area contributed by atoms with Crippen molar-refractivity contribution in [2.45, 2.75) is 38.1 Å². The van der Waals surface area contributed by atoms with E-state index >= 15 is 0 Å². The van der Waals surface area contributed by atoms with Gasteiger partial charge in [-0.3, -0.25) is 0 Å². The van der Waals surface area contributed by atoms with E-state index in [0.717, 1.165) is 19.3 Å². The van der Waals surface area contributed by atoms with Crippen molar-refractivity contribution in [1.29, 1.82) is 0 Å². The summed E-state index contributed by atoms with van der Waals surface area (Å²) in [4.78, 5) is 0. The summed E-state index contributed by atoms with van der Waals surface area (Å²) in [5.41, 5.74) is 0. The zero-order chi connectivity index (χ0) is 8.39. The maximum absolute atomic E-state index is 9.67. The highest BCUT2D eigenvalue weighted by atomic mass is 16.7. The molecule has 70 valence electrons. The molecule has 1 saturated carbocycles. The Hall–Kier alpha value is -0.120. The van der Waals surface area contributed by atoms with Crippen LogP contribution in [0.2, 0.25) is 0 Å². The fraction of sp³-hybridized carbons (Fsp3) is 1.00. The van der Waals surface area contributed by atoms with Gasteiger partial charge in [-0.1, -0.05) is 12.8 Å². The average Bonchev–Trinajstić information content (AvgIpc) is 2.57. The molecule has 1 N–H and O–H groups in total. The second-order valence-corrected chi connectivity index (χ2v) is 3.63. The minimum atomic E-state index is -0.207. The van der Waals surface area contributed by atoms with Crippen LogP contribution in [0.25, 0.3) is 0 Å². The average molecular weight is 172 g/mol. The van der Waals surface area contributed by atoms with Crippen LogP contribution in [0.4, 0.5) is 0 Å². The van der Waals surface area contributed by atoms with Gasteiger partial charge in [0, 0.05) is 5.92 Å². The fourth-order valence-electron chi connectivity index (χ4n) is 2.08. The van der Waals surface area contributed by atoms with Crippen molar-refractivity contribution in [2.24, 2.45) is 5.92 Å². The van der Waals surface area contributed by atoms with E-state index in [4.69, 9.17) is 9.47 Å². The highest BCUT2D eigenvalue weighted by Gasteiger charge is 2.33. The van der Waals surface area contributed by atoms with Crippen molar-refractivity contribution in [3.63, 3.8) is 0 Å². The van der Waals surface area contributed by atoms with Gasteiger partial charge in [-0.25, -0.2) is 0 Å². The van der Waals surface area contributed by atoms with E-state index in [2.05, 4.69) is 0 Å². The molecule has 1 aliphatic heterocycles. The lowest BCUT2D eigenvalue weighted by Crippen LogP contribution is -2.34. The molecular formula is C9H16O3. The van der Waals surface area contributed by atoms with Crippen LogP contribution in [0.15, 0.2) is 0 Å². The molecule has 0 spiro atoms. The standard InChI is InChI=1S/C9H16O3/c10-8-4-2-1-3-7(8)9-11-5-6-12-9/h7-10H,1-6H2/t7-,8-/m0/s1. The van der Waals surface area contributed by atoms with E-state index < -0.39 is 0 Å². The first-order chi connectivity index (χ1) is 5.88. The van der Waals surface area contributed by atoms with Gasteiger partial charge in [0.1, 0.15) is 0 Å². The van der Waals surface area contributed by atoms with Crippen LogP contribution in [0.1, 0.15) is 25.7 Å².